The highest BCUT2D eigenvalue weighted by Gasteiger charge is 2.21. The smallest absolute Gasteiger partial charge is 0.340 e. The van der Waals surface area contributed by atoms with E-state index in [9.17, 15) is 4.79 Å². The molecule has 0 atom stereocenters. The Morgan fingerprint density at radius 2 is 2.10 bits per heavy atom. The minimum Gasteiger partial charge on any atom is -0.462 e. The number of hydrogen-bond donors (Lipinski definition) is 1. The van der Waals surface area contributed by atoms with Crippen LogP contribution in [0.25, 0.3) is 0 Å². The summed E-state index contributed by atoms with van der Waals surface area (Å²) in [6.45, 7) is 6.00. The third kappa shape index (κ3) is 3.22. The summed E-state index contributed by atoms with van der Waals surface area (Å²) in [6.07, 6.45) is 1.06. The van der Waals surface area contributed by atoms with Gasteiger partial charge in [0.25, 0.3) is 0 Å². The van der Waals surface area contributed by atoms with E-state index in [1.807, 2.05) is 13.0 Å². The first-order valence-electron chi connectivity index (χ1n) is 7.12. The van der Waals surface area contributed by atoms with E-state index in [0.717, 1.165) is 38.3 Å². The summed E-state index contributed by atoms with van der Waals surface area (Å²) in [5, 5.41) is 0. The highest BCUT2D eigenvalue weighted by Crippen LogP contribution is 2.29. The molecule has 20 heavy (non-hydrogen) atoms. The second-order valence-corrected chi connectivity index (χ2v) is 5.11. The number of esters is 1. The zero-order valence-corrected chi connectivity index (χ0v) is 12.3. The largest absolute Gasteiger partial charge is 0.462 e. The van der Waals surface area contributed by atoms with Gasteiger partial charge in [-0.1, -0.05) is 6.07 Å². The summed E-state index contributed by atoms with van der Waals surface area (Å²) in [5.41, 5.74) is 8.13. The van der Waals surface area contributed by atoms with Gasteiger partial charge in [-0.3, -0.25) is 0 Å². The highest BCUT2D eigenvalue weighted by molar-refractivity contribution is 5.99. The molecule has 0 spiro atoms. The molecule has 110 valence electrons. The molecule has 1 heterocycles. The number of rotatable bonds is 3. The lowest BCUT2D eigenvalue weighted by molar-refractivity contribution is 0.0527. The summed E-state index contributed by atoms with van der Waals surface area (Å²) < 4.78 is 5.14. The number of hydrogen-bond acceptors (Lipinski definition) is 5. The minimum atomic E-state index is -0.299. The SMILES string of the molecule is CCOC(=O)c1cccc(N)c1N1CCCN(C)CC1. The van der Waals surface area contributed by atoms with Crippen molar-refractivity contribution in [2.75, 3.05) is 50.5 Å². The Morgan fingerprint density at radius 3 is 2.85 bits per heavy atom. The van der Waals surface area contributed by atoms with E-state index < -0.39 is 0 Å². The van der Waals surface area contributed by atoms with E-state index >= 15 is 0 Å². The number of benzene rings is 1. The van der Waals surface area contributed by atoms with Crippen molar-refractivity contribution >= 4 is 17.3 Å². The molecule has 1 saturated heterocycles. The number of nitrogens with two attached hydrogens (primary N) is 1. The van der Waals surface area contributed by atoms with Gasteiger partial charge in [-0.25, -0.2) is 4.79 Å². The average molecular weight is 277 g/mol. The normalized spacial score (nSPS) is 16.8. The Balaban J connectivity index is 2.31. The van der Waals surface area contributed by atoms with Gasteiger partial charge >= 0.3 is 5.97 Å². The van der Waals surface area contributed by atoms with Crippen LogP contribution in [0.1, 0.15) is 23.7 Å². The Kier molecular flexibility index (Phi) is 4.84. The molecule has 1 fully saturated rings. The van der Waals surface area contributed by atoms with Crippen LogP contribution < -0.4 is 10.6 Å². The minimum absolute atomic E-state index is 0.299. The Bertz CT molecular complexity index is 476. The monoisotopic (exact) mass is 277 g/mol. The lowest BCUT2D eigenvalue weighted by Gasteiger charge is -2.26. The fourth-order valence-corrected chi connectivity index (χ4v) is 2.56. The molecule has 2 rings (SSSR count). The summed E-state index contributed by atoms with van der Waals surface area (Å²) in [7, 11) is 2.12. The first-order valence-corrected chi connectivity index (χ1v) is 7.12. The number of nitrogen functional groups attached to an aromatic ring is 1. The maximum absolute atomic E-state index is 12.1. The molecule has 0 aromatic heterocycles. The number of para-hydroxylation sites is 1. The van der Waals surface area contributed by atoms with E-state index in [4.69, 9.17) is 10.5 Å². The maximum atomic E-state index is 12.1. The highest BCUT2D eigenvalue weighted by atomic mass is 16.5. The molecule has 0 radical (unpaired) electrons. The second kappa shape index (κ2) is 6.61. The quantitative estimate of drug-likeness (QED) is 0.671. The molecule has 5 heteroatoms. The number of carbonyl (C=O) groups is 1. The van der Waals surface area contributed by atoms with Crippen molar-refractivity contribution in [2.24, 2.45) is 0 Å². The lowest BCUT2D eigenvalue weighted by atomic mass is 10.1. The number of anilines is 2. The van der Waals surface area contributed by atoms with Gasteiger partial charge < -0.3 is 20.3 Å². The van der Waals surface area contributed by atoms with Gasteiger partial charge in [0.05, 0.1) is 23.5 Å². The van der Waals surface area contributed by atoms with Gasteiger partial charge in [0.15, 0.2) is 0 Å². The van der Waals surface area contributed by atoms with Crippen LogP contribution in [0.4, 0.5) is 11.4 Å². The van der Waals surface area contributed by atoms with E-state index in [1.54, 1.807) is 12.1 Å². The van der Waals surface area contributed by atoms with Crippen LogP contribution in [0.15, 0.2) is 18.2 Å². The first-order chi connectivity index (χ1) is 9.63. The van der Waals surface area contributed by atoms with Crippen molar-refractivity contribution in [3.8, 4) is 0 Å². The molecule has 0 bridgehead atoms. The van der Waals surface area contributed by atoms with Crippen LogP contribution in [0.3, 0.4) is 0 Å². The number of ether oxygens (including phenoxy) is 1. The maximum Gasteiger partial charge on any atom is 0.340 e. The summed E-state index contributed by atoms with van der Waals surface area (Å²) in [4.78, 5) is 16.6. The fourth-order valence-electron chi connectivity index (χ4n) is 2.56. The van der Waals surface area contributed by atoms with E-state index in [0.29, 0.717) is 17.9 Å². The topological polar surface area (TPSA) is 58.8 Å². The van der Waals surface area contributed by atoms with Crippen molar-refractivity contribution < 1.29 is 9.53 Å². The average Bonchev–Trinajstić information content (AvgIpc) is 2.63. The van der Waals surface area contributed by atoms with Gasteiger partial charge in [0, 0.05) is 19.6 Å². The third-order valence-corrected chi connectivity index (χ3v) is 3.60. The number of carbonyl (C=O) groups excluding carboxylic acids is 1. The molecule has 5 nitrogen and oxygen atoms in total. The third-order valence-electron chi connectivity index (χ3n) is 3.60. The molecule has 0 saturated carbocycles. The van der Waals surface area contributed by atoms with E-state index in [1.165, 1.54) is 0 Å². The molecule has 1 aromatic carbocycles. The number of nitrogens with zero attached hydrogens (tertiary/aromatic N) is 2. The first kappa shape index (κ1) is 14.7. The zero-order chi connectivity index (χ0) is 14.5. The Labute approximate surface area is 120 Å². The van der Waals surface area contributed by atoms with Gasteiger partial charge in [-0.15, -0.1) is 0 Å². The summed E-state index contributed by atoms with van der Waals surface area (Å²) in [5.74, 6) is -0.299. The van der Waals surface area contributed by atoms with Crippen LogP contribution in [-0.2, 0) is 4.74 Å². The van der Waals surface area contributed by atoms with Gasteiger partial charge in [0.1, 0.15) is 0 Å². The predicted octanol–water partition coefficient (Wildman–Crippen LogP) is 1.59. The van der Waals surface area contributed by atoms with Gasteiger partial charge in [-0.05, 0) is 39.1 Å². The molecule has 0 unspecified atom stereocenters. The van der Waals surface area contributed by atoms with Crippen molar-refractivity contribution in [2.45, 2.75) is 13.3 Å². The van der Waals surface area contributed by atoms with Crippen molar-refractivity contribution in [1.29, 1.82) is 0 Å². The van der Waals surface area contributed by atoms with E-state index in [2.05, 4.69) is 16.8 Å². The van der Waals surface area contributed by atoms with Crippen molar-refractivity contribution in [1.82, 2.24) is 4.90 Å². The van der Waals surface area contributed by atoms with Crippen molar-refractivity contribution in [3.05, 3.63) is 23.8 Å². The second-order valence-electron chi connectivity index (χ2n) is 5.11. The molecule has 1 aromatic rings. The summed E-state index contributed by atoms with van der Waals surface area (Å²) in [6, 6.07) is 5.43. The molecule has 1 aliphatic rings. The lowest BCUT2D eigenvalue weighted by Crippen LogP contribution is -2.30. The van der Waals surface area contributed by atoms with Gasteiger partial charge in [0.2, 0.25) is 0 Å². The number of likely N-dealkylation sites (N-methyl/N-ethyl adjacent to an activating group) is 1. The Hall–Kier alpha value is -1.75. The summed E-state index contributed by atoms with van der Waals surface area (Å²) >= 11 is 0. The van der Waals surface area contributed by atoms with Gasteiger partial charge in [-0.2, -0.15) is 0 Å². The van der Waals surface area contributed by atoms with Crippen LogP contribution in [0.2, 0.25) is 0 Å². The van der Waals surface area contributed by atoms with Crippen LogP contribution >= 0.6 is 0 Å². The van der Waals surface area contributed by atoms with Crippen molar-refractivity contribution in [3.63, 3.8) is 0 Å². The predicted molar refractivity (Wildman–Crippen MR) is 81.1 cm³/mol. The molecule has 0 aliphatic carbocycles. The molecule has 1 aliphatic heterocycles. The van der Waals surface area contributed by atoms with Crippen LogP contribution in [-0.4, -0.2) is 50.7 Å². The molecule has 0 amide bonds. The molecular formula is C15H23N3O2. The fraction of sp³-hybridized carbons (Fsp3) is 0.533. The Morgan fingerprint density at radius 1 is 1.30 bits per heavy atom. The zero-order valence-electron chi connectivity index (χ0n) is 12.3. The van der Waals surface area contributed by atoms with Crippen LogP contribution in [0, 0.1) is 0 Å². The van der Waals surface area contributed by atoms with Crippen LogP contribution in [0.5, 0.6) is 0 Å². The molecular weight excluding hydrogens is 254 g/mol. The van der Waals surface area contributed by atoms with E-state index in [-0.39, 0.29) is 5.97 Å². The standard InChI is InChI=1S/C15H23N3O2/c1-3-20-15(19)12-6-4-7-13(16)14(12)18-9-5-8-17(2)10-11-18/h4,6-7H,3,5,8-11,16H2,1-2H3. The molecule has 2 N–H and O–H groups in total.